The second-order valence-corrected chi connectivity index (χ2v) is 17.4. The van der Waals surface area contributed by atoms with Crippen molar-refractivity contribution in [2.75, 3.05) is 53.5 Å². The number of hydrogen-bond acceptors (Lipinski definition) is 14. The molecule has 7 aliphatic heterocycles. The van der Waals surface area contributed by atoms with Crippen LogP contribution in [0.15, 0.2) is 24.3 Å². The Hall–Kier alpha value is -4.51. The van der Waals surface area contributed by atoms with Gasteiger partial charge >= 0.3 is 5.97 Å². The zero-order valence-electron chi connectivity index (χ0n) is 32.7. The molecule has 2 saturated heterocycles. The number of aromatic amines is 1. The Morgan fingerprint density at radius 3 is 2.63 bits per heavy atom. The number of piperazine rings is 1. The van der Waals surface area contributed by atoms with Gasteiger partial charge in [0.2, 0.25) is 6.79 Å². The van der Waals surface area contributed by atoms with E-state index in [-0.39, 0.29) is 49.1 Å². The van der Waals surface area contributed by atoms with Gasteiger partial charge in [-0.1, -0.05) is 6.07 Å². The lowest BCUT2D eigenvalue weighted by Gasteiger charge is -2.62. The van der Waals surface area contributed by atoms with Gasteiger partial charge in [0.15, 0.2) is 28.8 Å². The van der Waals surface area contributed by atoms with Crippen molar-refractivity contribution in [2.45, 2.75) is 74.8 Å². The fourth-order valence-corrected chi connectivity index (χ4v) is 12.8. The Labute approximate surface area is 333 Å². The van der Waals surface area contributed by atoms with Crippen LogP contribution in [0.1, 0.15) is 68.9 Å². The highest BCUT2D eigenvalue weighted by atomic mass is 32.2. The molecule has 3 aromatic carbocycles. The first-order valence-electron chi connectivity index (χ1n) is 19.4. The van der Waals surface area contributed by atoms with Crippen LogP contribution in [0, 0.1) is 13.8 Å². The van der Waals surface area contributed by atoms with E-state index in [4.69, 9.17) is 23.7 Å². The Morgan fingerprint density at radius 2 is 1.86 bits per heavy atom. The van der Waals surface area contributed by atoms with Crippen molar-refractivity contribution in [1.29, 1.82) is 0 Å². The van der Waals surface area contributed by atoms with Crippen LogP contribution in [-0.2, 0) is 32.7 Å². The van der Waals surface area contributed by atoms with E-state index >= 15 is 4.79 Å². The first-order chi connectivity index (χ1) is 27.4. The number of thioether (sulfide) groups is 1. The molecule has 1 unspecified atom stereocenters. The maximum absolute atomic E-state index is 15.0. The first-order valence-corrected chi connectivity index (χ1v) is 20.4. The molecule has 0 aliphatic carbocycles. The molecule has 300 valence electrons. The van der Waals surface area contributed by atoms with Crippen LogP contribution in [0.4, 0.5) is 0 Å². The van der Waals surface area contributed by atoms with Gasteiger partial charge in [-0.25, -0.2) is 0 Å². The molecule has 7 atom stereocenters. The lowest BCUT2D eigenvalue weighted by molar-refractivity contribution is -0.181. The SMILES string of the molecule is COc1c(C)cc2c(c1O)[C@H]1C3[C@@H]4SC[C@]5(C(=O)COC[C@@H](c6c7c(c(C)c(OC(C)=O)c64)OCO7)N3[C@@H](O)[C@@H](C2)N1C)c1[nH]c2ccc(O)cc2c1CCN5C. The van der Waals surface area contributed by atoms with Gasteiger partial charge in [0.05, 0.1) is 37.1 Å². The largest absolute Gasteiger partial charge is 0.508 e. The molecule has 7 aliphatic rings. The number of Topliss-reactive ketones (excluding diaryl/α,β-unsaturated/α-hetero) is 1. The van der Waals surface area contributed by atoms with Crippen LogP contribution >= 0.6 is 11.8 Å². The number of methoxy groups -OCH3 is 1. The van der Waals surface area contributed by atoms with Crippen LogP contribution in [0.2, 0.25) is 0 Å². The number of nitrogens with zero attached hydrogens (tertiary/aromatic N) is 3. The molecule has 0 amide bonds. The van der Waals surface area contributed by atoms with E-state index in [1.54, 1.807) is 31.0 Å². The minimum Gasteiger partial charge on any atom is -0.508 e. The van der Waals surface area contributed by atoms with Gasteiger partial charge in [0.25, 0.3) is 0 Å². The van der Waals surface area contributed by atoms with Gasteiger partial charge in [0, 0.05) is 64.1 Å². The molecule has 0 radical (unpaired) electrons. The summed E-state index contributed by atoms with van der Waals surface area (Å²) in [6.45, 7) is 5.44. The highest BCUT2D eigenvalue weighted by Crippen LogP contribution is 2.64. The number of rotatable bonds is 2. The second-order valence-electron chi connectivity index (χ2n) is 16.2. The Morgan fingerprint density at radius 1 is 1.07 bits per heavy atom. The predicted octanol–water partition coefficient (Wildman–Crippen LogP) is 4.27. The summed E-state index contributed by atoms with van der Waals surface area (Å²) in [6, 6.07) is 5.18. The van der Waals surface area contributed by atoms with Crippen molar-refractivity contribution in [3.8, 4) is 34.5 Å². The molecule has 2 fully saturated rings. The average Bonchev–Trinajstić information content (AvgIpc) is 3.80. The van der Waals surface area contributed by atoms with E-state index in [0.717, 1.165) is 33.3 Å². The van der Waals surface area contributed by atoms with Gasteiger partial charge in [-0.05, 0) is 75.7 Å². The summed E-state index contributed by atoms with van der Waals surface area (Å²) in [6.07, 6.45) is 0.127. The van der Waals surface area contributed by atoms with E-state index in [9.17, 15) is 20.1 Å². The van der Waals surface area contributed by atoms with Crippen molar-refractivity contribution >= 4 is 34.4 Å². The number of hydrogen-bond donors (Lipinski definition) is 4. The van der Waals surface area contributed by atoms with Crippen molar-refractivity contribution in [3.63, 3.8) is 0 Å². The fourth-order valence-electron chi connectivity index (χ4n) is 11.0. The minimum atomic E-state index is -1.19. The highest BCUT2D eigenvalue weighted by molar-refractivity contribution is 7.99. The van der Waals surface area contributed by atoms with Gasteiger partial charge < -0.3 is 44.0 Å². The number of aryl methyl sites for hydroxylation is 1. The molecule has 8 heterocycles. The fraction of sp³-hybridized carbons (Fsp3) is 0.476. The third-order valence-electron chi connectivity index (χ3n) is 13.5. The smallest absolute Gasteiger partial charge is 0.308 e. The molecule has 57 heavy (non-hydrogen) atoms. The van der Waals surface area contributed by atoms with Crippen LogP contribution in [0.3, 0.4) is 0 Å². The van der Waals surface area contributed by atoms with E-state index in [1.165, 1.54) is 6.92 Å². The standard InChI is InChI=1S/C42H46N4O10S/c1-18-11-21-12-26-41(51)46-27-14-53-15-28(49)42(40-23(9-10-44(42)4)24-13-22(48)7-8-25(24)43-40)16-57-39(33(46)32(45(26)5)29(21)34(50)35(18)52-6)31-30(27)38-37(54-17-55-38)19(2)36(31)56-20(3)47/h7-8,11,13,26-27,32-33,39,41,43,48,50-51H,9-10,12,14-17H2,1-6H3/t26-,27+,32+,33?,39-,41+,42+/m1/s1. The number of aromatic hydroxyl groups is 2. The lowest BCUT2D eigenvalue weighted by atomic mass is 9.73. The van der Waals surface area contributed by atoms with Crippen molar-refractivity contribution in [3.05, 3.63) is 68.9 Å². The zero-order valence-corrected chi connectivity index (χ0v) is 33.5. The van der Waals surface area contributed by atoms with Crippen LogP contribution < -0.4 is 18.9 Å². The number of fused-ring (bicyclic) bond motifs is 12. The third kappa shape index (κ3) is 4.96. The summed E-state index contributed by atoms with van der Waals surface area (Å²) in [5, 5.41) is 35.6. The third-order valence-corrected chi connectivity index (χ3v) is 14.9. The number of nitrogens with one attached hydrogen (secondary N) is 1. The highest BCUT2D eigenvalue weighted by Gasteiger charge is 2.61. The molecule has 1 aromatic heterocycles. The van der Waals surface area contributed by atoms with E-state index in [0.29, 0.717) is 64.6 Å². The molecule has 4 aromatic rings. The number of carbonyl (C=O) groups excluding carboxylic acids is 2. The molecule has 11 rings (SSSR count). The summed E-state index contributed by atoms with van der Waals surface area (Å²) < 4.78 is 30.9. The summed E-state index contributed by atoms with van der Waals surface area (Å²) in [5.41, 5.74) is 5.79. The topological polar surface area (TPSA) is 166 Å². The maximum atomic E-state index is 15.0. The number of aliphatic hydroxyl groups excluding tert-OH is 1. The first kappa shape index (κ1) is 36.8. The molecule has 15 heteroatoms. The number of aromatic nitrogens is 1. The normalized spacial score (nSPS) is 29.4. The number of aliphatic hydroxyl groups is 1. The number of H-pyrrole nitrogens is 1. The average molecular weight is 799 g/mol. The molecular formula is C42H46N4O10S. The van der Waals surface area contributed by atoms with Gasteiger partial charge in [0.1, 0.15) is 29.9 Å². The number of esters is 1. The monoisotopic (exact) mass is 798 g/mol. The summed E-state index contributed by atoms with van der Waals surface area (Å²) in [4.78, 5) is 38.0. The molecule has 0 saturated carbocycles. The van der Waals surface area contributed by atoms with Crippen molar-refractivity contribution < 1.29 is 48.6 Å². The van der Waals surface area contributed by atoms with Crippen molar-refractivity contribution in [1.82, 2.24) is 19.7 Å². The maximum Gasteiger partial charge on any atom is 0.308 e. The number of phenols is 2. The summed E-state index contributed by atoms with van der Waals surface area (Å²) in [5.74, 6) is 1.52. The zero-order chi connectivity index (χ0) is 39.8. The number of benzene rings is 3. The minimum absolute atomic E-state index is 0.00546. The Kier molecular flexibility index (Phi) is 8.39. The Bertz CT molecular complexity index is 2400. The quantitative estimate of drug-likeness (QED) is 0.168. The number of ketones is 1. The van der Waals surface area contributed by atoms with Crippen LogP contribution in [0.25, 0.3) is 10.9 Å². The van der Waals surface area contributed by atoms with Crippen LogP contribution in [0.5, 0.6) is 34.5 Å². The predicted molar refractivity (Wildman–Crippen MR) is 209 cm³/mol. The van der Waals surface area contributed by atoms with E-state index in [1.807, 2.05) is 40.1 Å². The van der Waals surface area contributed by atoms with Gasteiger partial charge in [-0.3, -0.25) is 24.3 Å². The number of carbonyl (C=O) groups is 2. The van der Waals surface area contributed by atoms with E-state index < -0.39 is 41.1 Å². The van der Waals surface area contributed by atoms with E-state index in [2.05, 4.69) is 19.7 Å². The molecule has 4 N–H and O–H groups in total. The van der Waals surface area contributed by atoms with Gasteiger partial charge in [-0.15, -0.1) is 11.8 Å². The Balaban J connectivity index is 1.25. The van der Waals surface area contributed by atoms with Gasteiger partial charge in [-0.2, -0.15) is 0 Å². The summed E-state index contributed by atoms with van der Waals surface area (Å²) in [7, 11) is 5.49. The number of likely N-dealkylation sites (N-methyl/N-ethyl adjacent to an activating group) is 2. The lowest BCUT2D eigenvalue weighted by Crippen LogP contribution is -2.69. The molecule has 14 nitrogen and oxygen atoms in total. The number of ether oxygens (including phenoxy) is 5. The second kappa shape index (κ2) is 13.0. The summed E-state index contributed by atoms with van der Waals surface area (Å²) >= 11 is 1.56. The van der Waals surface area contributed by atoms with Crippen LogP contribution in [-0.4, -0.2) is 119 Å². The number of phenolic OH excluding ortho intramolecular Hbond substituents is 2. The molecular weight excluding hydrogens is 753 g/mol. The molecule has 1 spiro atoms. The van der Waals surface area contributed by atoms with Crippen molar-refractivity contribution in [2.24, 2.45) is 0 Å². The molecule has 4 bridgehead atoms.